The smallest absolute Gasteiger partial charge is 0.333 e. The van der Waals surface area contributed by atoms with Gasteiger partial charge in [-0.15, -0.1) is 0 Å². The van der Waals surface area contributed by atoms with Gasteiger partial charge < -0.3 is 24.7 Å². The molecule has 0 saturated heterocycles. The molecule has 0 bridgehead atoms. The van der Waals surface area contributed by atoms with Gasteiger partial charge in [0.05, 0.1) is 11.8 Å². The van der Waals surface area contributed by atoms with Crippen molar-refractivity contribution in [3.05, 3.63) is 29.8 Å². The number of benzene rings is 1. The van der Waals surface area contributed by atoms with E-state index in [1.165, 1.54) is 24.3 Å². The van der Waals surface area contributed by atoms with Crippen molar-refractivity contribution in [3.8, 4) is 5.75 Å². The van der Waals surface area contributed by atoms with Gasteiger partial charge in [0.25, 0.3) is 0 Å². The Bertz CT molecular complexity index is 471. The van der Waals surface area contributed by atoms with Crippen LogP contribution in [0.4, 0.5) is 0 Å². The first-order chi connectivity index (χ1) is 7.59. The first-order valence-electron chi connectivity index (χ1n) is 4.48. The molecule has 1 aromatic carbocycles. The van der Waals surface area contributed by atoms with Crippen molar-refractivity contribution in [2.24, 2.45) is 0 Å². The summed E-state index contributed by atoms with van der Waals surface area (Å²) in [4.78, 5) is 35.7. The molecule has 0 aromatic heterocycles. The molecule has 0 saturated carbocycles. The van der Waals surface area contributed by atoms with Gasteiger partial charge in [-0.25, -0.2) is 0 Å². The van der Waals surface area contributed by atoms with Crippen LogP contribution in [0.3, 0.4) is 0 Å². The Kier molecular flexibility index (Phi) is 4.15. The second-order valence-corrected chi connectivity index (χ2v) is 7.04. The Balaban J connectivity index is 3.12. The van der Waals surface area contributed by atoms with E-state index in [9.17, 15) is 9.13 Å². The van der Waals surface area contributed by atoms with E-state index in [1.807, 2.05) is 0 Å². The molecule has 1 rings (SSSR count). The fourth-order valence-electron chi connectivity index (χ4n) is 1.33. The van der Waals surface area contributed by atoms with Gasteiger partial charge in [0.15, 0.2) is 0 Å². The van der Waals surface area contributed by atoms with Gasteiger partial charge in [-0.05, 0) is 17.7 Å². The molecule has 1 unspecified atom stereocenters. The van der Waals surface area contributed by atoms with Crippen LogP contribution in [0.1, 0.15) is 11.2 Å². The minimum Gasteiger partial charge on any atom is -0.508 e. The maximum atomic E-state index is 11.2. The van der Waals surface area contributed by atoms with Gasteiger partial charge in [-0.2, -0.15) is 0 Å². The standard InChI is InChI=1S/C8H12O7P2/c9-7-3-1-6(2-4-7)8(17(13,14)15)5-16(10,11)12/h1-4,8-9H,5H2,(H2,10,11,12)(H2,13,14,15). The van der Waals surface area contributed by atoms with E-state index in [0.29, 0.717) is 0 Å². The maximum Gasteiger partial charge on any atom is 0.333 e. The zero-order valence-electron chi connectivity index (χ0n) is 8.54. The first kappa shape index (κ1) is 14.4. The summed E-state index contributed by atoms with van der Waals surface area (Å²) in [7, 11) is -9.23. The summed E-state index contributed by atoms with van der Waals surface area (Å²) >= 11 is 0. The molecule has 0 fully saturated rings. The molecule has 0 amide bonds. The van der Waals surface area contributed by atoms with Gasteiger partial charge in [-0.1, -0.05) is 12.1 Å². The number of phenols is 1. The topological polar surface area (TPSA) is 135 Å². The largest absolute Gasteiger partial charge is 0.508 e. The van der Waals surface area contributed by atoms with E-state index in [0.717, 1.165) is 0 Å². The number of phenolic OH excluding ortho intramolecular Hbond substituents is 1. The highest BCUT2D eigenvalue weighted by Gasteiger charge is 2.36. The van der Waals surface area contributed by atoms with E-state index in [-0.39, 0.29) is 11.3 Å². The van der Waals surface area contributed by atoms with E-state index in [2.05, 4.69) is 0 Å². The molecule has 96 valence electrons. The van der Waals surface area contributed by atoms with Crippen LogP contribution in [0.15, 0.2) is 24.3 Å². The summed E-state index contributed by atoms with van der Waals surface area (Å²) in [6.45, 7) is 0. The zero-order valence-corrected chi connectivity index (χ0v) is 10.3. The van der Waals surface area contributed by atoms with Crippen LogP contribution in [-0.4, -0.2) is 30.8 Å². The Hall–Kier alpha value is -0.680. The molecule has 9 heteroatoms. The van der Waals surface area contributed by atoms with Crippen molar-refractivity contribution in [2.75, 3.05) is 6.16 Å². The molecule has 0 aliphatic rings. The Morgan fingerprint density at radius 2 is 1.47 bits per heavy atom. The predicted octanol–water partition coefficient (Wildman–Crippen LogP) is 0.789. The number of rotatable bonds is 4. The lowest BCUT2D eigenvalue weighted by atomic mass is 10.1. The van der Waals surface area contributed by atoms with Crippen molar-refractivity contribution in [3.63, 3.8) is 0 Å². The van der Waals surface area contributed by atoms with Crippen LogP contribution in [0, 0.1) is 0 Å². The van der Waals surface area contributed by atoms with E-state index in [1.54, 1.807) is 0 Å². The highest BCUT2D eigenvalue weighted by Crippen LogP contribution is 2.57. The van der Waals surface area contributed by atoms with Gasteiger partial charge in [0.2, 0.25) is 0 Å². The van der Waals surface area contributed by atoms with Gasteiger partial charge >= 0.3 is 15.2 Å². The normalized spacial score (nSPS) is 14.6. The quantitative estimate of drug-likeness (QED) is 0.515. The Labute approximate surface area is 97.1 Å². The molecule has 0 aliphatic carbocycles. The monoisotopic (exact) mass is 282 g/mol. The molecule has 1 aromatic rings. The summed E-state index contributed by atoms with van der Waals surface area (Å²) in [6, 6.07) is 4.82. The maximum absolute atomic E-state index is 11.2. The molecule has 7 nitrogen and oxygen atoms in total. The summed E-state index contributed by atoms with van der Waals surface area (Å²) < 4.78 is 22.0. The third kappa shape index (κ3) is 4.60. The zero-order chi connectivity index (χ0) is 13.3. The van der Waals surface area contributed by atoms with Crippen LogP contribution in [0.25, 0.3) is 0 Å². The lowest BCUT2D eigenvalue weighted by Crippen LogP contribution is -2.06. The molecule has 17 heavy (non-hydrogen) atoms. The minimum absolute atomic E-state index is 0.0689. The fraction of sp³-hybridized carbons (Fsp3) is 0.250. The van der Waals surface area contributed by atoms with Crippen LogP contribution in [0.2, 0.25) is 0 Å². The number of hydrogen-bond acceptors (Lipinski definition) is 3. The number of hydrogen-bond donors (Lipinski definition) is 5. The summed E-state index contributed by atoms with van der Waals surface area (Å²) in [6.07, 6.45) is -0.942. The molecule has 0 aliphatic heterocycles. The van der Waals surface area contributed by atoms with Gasteiger partial charge in [-0.3, -0.25) is 9.13 Å². The van der Waals surface area contributed by atoms with Crippen molar-refractivity contribution in [1.82, 2.24) is 0 Å². The van der Waals surface area contributed by atoms with Gasteiger partial charge in [0.1, 0.15) is 5.75 Å². The third-order valence-electron chi connectivity index (χ3n) is 2.09. The Morgan fingerprint density at radius 3 is 1.82 bits per heavy atom. The predicted molar refractivity (Wildman–Crippen MR) is 59.8 cm³/mol. The van der Waals surface area contributed by atoms with Crippen molar-refractivity contribution in [2.45, 2.75) is 5.66 Å². The highest BCUT2D eigenvalue weighted by molar-refractivity contribution is 7.56. The molecule has 5 N–H and O–H groups in total. The first-order valence-corrected chi connectivity index (χ1v) is 7.96. The van der Waals surface area contributed by atoms with Crippen LogP contribution < -0.4 is 0 Å². The van der Waals surface area contributed by atoms with Crippen molar-refractivity contribution < 1.29 is 33.8 Å². The second kappa shape index (κ2) is 4.90. The van der Waals surface area contributed by atoms with E-state index < -0.39 is 27.0 Å². The SMILES string of the molecule is O=P(O)(O)CC(c1ccc(O)cc1)P(=O)(O)O. The van der Waals surface area contributed by atoms with Crippen LogP contribution in [0.5, 0.6) is 5.75 Å². The molecular formula is C8H12O7P2. The average molecular weight is 282 g/mol. The van der Waals surface area contributed by atoms with Crippen molar-refractivity contribution in [1.29, 1.82) is 0 Å². The fourth-order valence-corrected chi connectivity index (χ4v) is 4.04. The van der Waals surface area contributed by atoms with E-state index in [4.69, 9.17) is 24.7 Å². The summed E-state index contributed by atoms with van der Waals surface area (Å²) in [5, 5.41) is 9.03. The highest BCUT2D eigenvalue weighted by atomic mass is 31.2. The minimum atomic E-state index is -4.68. The molecule has 1 atom stereocenters. The number of aromatic hydroxyl groups is 1. The Morgan fingerprint density at radius 1 is 1.00 bits per heavy atom. The van der Waals surface area contributed by atoms with E-state index >= 15 is 0 Å². The van der Waals surface area contributed by atoms with Crippen LogP contribution >= 0.6 is 15.2 Å². The molecular weight excluding hydrogens is 270 g/mol. The molecule has 0 radical (unpaired) electrons. The van der Waals surface area contributed by atoms with Gasteiger partial charge in [0, 0.05) is 0 Å². The second-order valence-electron chi connectivity index (χ2n) is 3.54. The molecule has 0 heterocycles. The lowest BCUT2D eigenvalue weighted by molar-refractivity contribution is 0.347. The van der Waals surface area contributed by atoms with Crippen molar-refractivity contribution >= 4 is 15.2 Å². The van der Waals surface area contributed by atoms with Crippen LogP contribution in [-0.2, 0) is 9.13 Å². The summed E-state index contributed by atoms with van der Waals surface area (Å²) in [5.74, 6) is -0.102. The third-order valence-corrected chi connectivity index (χ3v) is 4.52. The average Bonchev–Trinajstić information content (AvgIpc) is 2.13. The molecule has 0 spiro atoms. The summed E-state index contributed by atoms with van der Waals surface area (Å²) in [5.41, 5.74) is -1.51. The lowest BCUT2D eigenvalue weighted by Gasteiger charge is -2.19.